The fourth-order valence-corrected chi connectivity index (χ4v) is 3.67. The van der Waals surface area contributed by atoms with Crippen LogP contribution in [0.1, 0.15) is 49.3 Å². The summed E-state index contributed by atoms with van der Waals surface area (Å²) in [6.07, 6.45) is 3.84. The molecule has 29 heavy (non-hydrogen) atoms. The Bertz CT molecular complexity index is 834. The predicted octanol–water partition coefficient (Wildman–Crippen LogP) is 4.27. The Morgan fingerprint density at radius 2 is 1.86 bits per heavy atom. The van der Waals surface area contributed by atoms with Crippen molar-refractivity contribution in [1.82, 2.24) is 4.90 Å². The van der Waals surface area contributed by atoms with E-state index in [1.165, 1.54) is 7.11 Å². The van der Waals surface area contributed by atoms with Crippen LogP contribution in [0.5, 0.6) is 5.75 Å². The molecule has 3 rings (SSSR count). The summed E-state index contributed by atoms with van der Waals surface area (Å²) in [5, 5.41) is 0. The van der Waals surface area contributed by atoms with E-state index in [1.807, 2.05) is 48.5 Å². The molecule has 5 nitrogen and oxygen atoms in total. The molecular formula is C24H29NO4. The molecule has 1 heterocycles. The second-order valence-corrected chi connectivity index (χ2v) is 7.43. The van der Waals surface area contributed by atoms with Crippen LogP contribution >= 0.6 is 0 Å². The predicted molar refractivity (Wildman–Crippen MR) is 111 cm³/mol. The molecule has 2 aromatic carbocycles. The number of rotatable bonds is 8. The van der Waals surface area contributed by atoms with Gasteiger partial charge in [0, 0.05) is 19.4 Å². The monoisotopic (exact) mass is 395 g/mol. The summed E-state index contributed by atoms with van der Waals surface area (Å²) in [6.45, 7) is 3.00. The van der Waals surface area contributed by atoms with Crippen LogP contribution in [0.2, 0.25) is 0 Å². The summed E-state index contributed by atoms with van der Waals surface area (Å²) >= 11 is 0. The number of fused-ring (bicyclic) bond motifs is 1. The smallest absolute Gasteiger partial charge is 0.328 e. The highest BCUT2D eigenvalue weighted by Crippen LogP contribution is 2.29. The molecule has 0 saturated carbocycles. The molecule has 0 N–H and O–H groups in total. The van der Waals surface area contributed by atoms with Gasteiger partial charge in [-0.2, -0.15) is 0 Å². The highest BCUT2D eigenvalue weighted by atomic mass is 16.5. The third-order valence-corrected chi connectivity index (χ3v) is 5.34. The van der Waals surface area contributed by atoms with Crippen LogP contribution < -0.4 is 4.74 Å². The average molecular weight is 395 g/mol. The van der Waals surface area contributed by atoms with E-state index in [2.05, 4.69) is 6.92 Å². The number of ether oxygens (including phenoxy) is 2. The average Bonchev–Trinajstić information content (AvgIpc) is 2.76. The first-order valence-electron chi connectivity index (χ1n) is 10.3. The van der Waals surface area contributed by atoms with Gasteiger partial charge in [0.2, 0.25) is 5.91 Å². The van der Waals surface area contributed by atoms with E-state index in [0.717, 1.165) is 41.7 Å². The lowest BCUT2D eigenvalue weighted by molar-refractivity contribution is -0.154. The SMILES string of the molecule is CCCCCC(=O)N1Cc2cc(OCc3ccccc3)ccc2C[C@H]1C(=O)OC. The molecule has 0 aromatic heterocycles. The van der Waals surface area contributed by atoms with Gasteiger partial charge in [0.05, 0.1) is 7.11 Å². The van der Waals surface area contributed by atoms with Gasteiger partial charge in [-0.05, 0) is 35.2 Å². The fraction of sp³-hybridized carbons (Fsp3) is 0.417. The minimum absolute atomic E-state index is 0.00936. The third-order valence-electron chi connectivity index (χ3n) is 5.34. The van der Waals surface area contributed by atoms with Gasteiger partial charge >= 0.3 is 5.97 Å². The van der Waals surface area contributed by atoms with Gasteiger partial charge in [-0.25, -0.2) is 4.79 Å². The number of amides is 1. The van der Waals surface area contributed by atoms with Gasteiger partial charge in [0.15, 0.2) is 0 Å². The number of methoxy groups -OCH3 is 1. The van der Waals surface area contributed by atoms with Gasteiger partial charge in [-0.3, -0.25) is 4.79 Å². The Balaban J connectivity index is 1.74. The van der Waals surface area contributed by atoms with E-state index in [0.29, 0.717) is 26.0 Å². The first-order valence-corrected chi connectivity index (χ1v) is 10.3. The number of esters is 1. The summed E-state index contributed by atoms with van der Waals surface area (Å²) in [4.78, 5) is 26.8. The lowest BCUT2D eigenvalue weighted by atomic mass is 9.93. The van der Waals surface area contributed by atoms with E-state index in [9.17, 15) is 9.59 Å². The number of hydrogen-bond donors (Lipinski definition) is 0. The van der Waals surface area contributed by atoms with Crippen molar-refractivity contribution >= 4 is 11.9 Å². The summed E-state index contributed by atoms with van der Waals surface area (Å²) in [5.74, 6) is 0.418. The molecule has 1 aliphatic rings. The molecule has 0 radical (unpaired) electrons. The Hall–Kier alpha value is -2.82. The Morgan fingerprint density at radius 3 is 2.59 bits per heavy atom. The van der Waals surface area contributed by atoms with Gasteiger partial charge in [-0.1, -0.05) is 56.2 Å². The minimum atomic E-state index is -0.558. The zero-order valence-corrected chi connectivity index (χ0v) is 17.2. The maximum atomic E-state index is 12.8. The largest absolute Gasteiger partial charge is 0.489 e. The van der Waals surface area contributed by atoms with Crippen molar-refractivity contribution in [2.75, 3.05) is 7.11 Å². The second kappa shape index (κ2) is 10.1. The quantitative estimate of drug-likeness (QED) is 0.495. The van der Waals surface area contributed by atoms with Crippen molar-refractivity contribution in [1.29, 1.82) is 0 Å². The number of unbranched alkanes of at least 4 members (excludes halogenated alkanes) is 2. The van der Waals surface area contributed by atoms with Crippen molar-refractivity contribution in [3.05, 3.63) is 65.2 Å². The van der Waals surface area contributed by atoms with Gasteiger partial charge in [0.1, 0.15) is 18.4 Å². The van der Waals surface area contributed by atoms with Crippen molar-refractivity contribution in [3.8, 4) is 5.75 Å². The normalized spacial score (nSPS) is 15.5. The Morgan fingerprint density at radius 1 is 1.07 bits per heavy atom. The maximum absolute atomic E-state index is 12.8. The van der Waals surface area contributed by atoms with Gasteiger partial charge in [-0.15, -0.1) is 0 Å². The molecule has 5 heteroatoms. The summed E-state index contributed by atoms with van der Waals surface area (Å²) in [6, 6.07) is 15.3. The zero-order chi connectivity index (χ0) is 20.6. The molecule has 0 aliphatic carbocycles. The second-order valence-electron chi connectivity index (χ2n) is 7.43. The molecule has 1 atom stereocenters. The molecule has 0 fully saturated rings. The lowest BCUT2D eigenvalue weighted by Crippen LogP contribution is -2.49. The summed E-state index contributed by atoms with van der Waals surface area (Å²) in [5.41, 5.74) is 3.19. The number of benzene rings is 2. The lowest BCUT2D eigenvalue weighted by Gasteiger charge is -2.35. The van der Waals surface area contributed by atoms with Crippen molar-refractivity contribution in [3.63, 3.8) is 0 Å². The third kappa shape index (κ3) is 5.37. The van der Waals surface area contributed by atoms with Crippen LogP contribution in [-0.2, 0) is 33.9 Å². The van der Waals surface area contributed by atoms with E-state index >= 15 is 0 Å². The number of carbonyl (C=O) groups excluding carboxylic acids is 2. The first kappa shape index (κ1) is 20.9. The van der Waals surface area contributed by atoms with Gasteiger partial charge < -0.3 is 14.4 Å². The molecule has 154 valence electrons. The van der Waals surface area contributed by atoms with Crippen LogP contribution in [0.15, 0.2) is 48.5 Å². The van der Waals surface area contributed by atoms with E-state index in [1.54, 1.807) is 4.90 Å². The minimum Gasteiger partial charge on any atom is -0.489 e. The zero-order valence-electron chi connectivity index (χ0n) is 17.2. The van der Waals surface area contributed by atoms with E-state index < -0.39 is 6.04 Å². The molecule has 0 spiro atoms. The van der Waals surface area contributed by atoms with Crippen LogP contribution in [0.4, 0.5) is 0 Å². The van der Waals surface area contributed by atoms with E-state index in [4.69, 9.17) is 9.47 Å². The van der Waals surface area contributed by atoms with Crippen LogP contribution in [0, 0.1) is 0 Å². The molecule has 1 aliphatic heterocycles. The molecule has 1 amide bonds. The Kier molecular flexibility index (Phi) is 7.28. The molecular weight excluding hydrogens is 366 g/mol. The maximum Gasteiger partial charge on any atom is 0.328 e. The van der Waals surface area contributed by atoms with E-state index in [-0.39, 0.29) is 11.9 Å². The van der Waals surface area contributed by atoms with Gasteiger partial charge in [0.25, 0.3) is 0 Å². The van der Waals surface area contributed by atoms with Crippen molar-refractivity contribution in [2.45, 2.75) is 58.2 Å². The number of carbonyl (C=O) groups is 2. The van der Waals surface area contributed by atoms with Crippen LogP contribution in [-0.4, -0.2) is 29.9 Å². The van der Waals surface area contributed by atoms with Crippen molar-refractivity contribution in [2.24, 2.45) is 0 Å². The summed E-state index contributed by atoms with van der Waals surface area (Å²) < 4.78 is 10.9. The standard InChI is InChI=1S/C24H29NO4/c1-3-4-6-11-23(26)25-16-20-14-21(29-17-18-9-7-5-8-10-18)13-12-19(20)15-22(25)24(27)28-2/h5,7-10,12-14,22H,3-4,6,11,15-17H2,1-2H3/t22-/m0/s1. The Labute approximate surface area is 172 Å². The highest BCUT2D eigenvalue weighted by Gasteiger charge is 2.35. The number of nitrogens with zero attached hydrogens (tertiary/aromatic N) is 1. The molecule has 0 saturated heterocycles. The topological polar surface area (TPSA) is 55.8 Å². The van der Waals surface area contributed by atoms with Crippen LogP contribution in [0.25, 0.3) is 0 Å². The number of hydrogen-bond acceptors (Lipinski definition) is 4. The molecule has 0 unspecified atom stereocenters. The molecule has 0 bridgehead atoms. The van der Waals surface area contributed by atoms with Crippen molar-refractivity contribution < 1.29 is 19.1 Å². The fourth-order valence-electron chi connectivity index (χ4n) is 3.67. The van der Waals surface area contributed by atoms with Crippen LogP contribution in [0.3, 0.4) is 0 Å². The molecule has 2 aromatic rings. The first-order chi connectivity index (χ1) is 14.1. The summed E-state index contributed by atoms with van der Waals surface area (Å²) in [7, 11) is 1.37. The highest BCUT2D eigenvalue weighted by molar-refractivity contribution is 5.85.